The number of hydrogen-bond donors (Lipinski definition) is 4. The Hall–Kier alpha value is -2.52. The molecule has 1 aliphatic heterocycles. The number of ether oxygens (including phenoxy) is 1. The molecule has 0 fully saturated rings. The highest BCUT2D eigenvalue weighted by Gasteiger charge is 2.22. The van der Waals surface area contributed by atoms with Crippen LogP contribution in [0.5, 0.6) is 11.5 Å². The Morgan fingerprint density at radius 2 is 1.87 bits per heavy atom. The van der Waals surface area contributed by atoms with E-state index in [-0.39, 0.29) is 30.2 Å². The van der Waals surface area contributed by atoms with E-state index in [1.165, 1.54) is 0 Å². The number of amides is 2. The first-order valence-electron chi connectivity index (χ1n) is 13.7. The molecule has 214 valence electrons. The van der Waals surface area contributed by atoms with Gasteiger partial charge in [-0.2, -0.15) is 0 Å². The summed E-state index contributed by atoms with van der Waals surface area (Å²) in [6.07, 6.45) is 5.09. The van der Waals surface area contributed by atoms with Gasteiger partial charge in [-0.3, -0.25) is 9.59 Å². The van der Waals surface area contributed by atoms with E-state index < -0.39 is 0 Å². The number of rotatable bonds is 16. The number of phenols is 1. The van der Waals surface area contributed by atoms with E-state index in [1.54, 1.807) is 12.1 Å². The lowest BCUT2D eigenvalue weighted by Gasteiger charge is -2.30. The molecule has 0 bridgehead atoms. The van der Waals surface area contributed by atoms with E-state index in [0.29, 0.717) is 60.5 Å². The fraction of sp³-hybridized carbons (Fsp3) is 0.517. The zero-order valence-corrected chi connectivity index (χ0v) is 24.3. The van der Waals surface area contributed by atoms with E-state index in [9.17, 15) is 14.7 Å². The smallest absolute Gasteiger partial charge is 0.262 e. The van der Waals surface area contributed by atoms with Crippen molar-refractivity contribution in [1.29, 1.82) is 0 Å². The van der Waals surface area contributed by atoms with Crippen molar-refractivity contribution in [2.24, 2.45) is 0 Å². The number of fused-ring (bicyclic) bond motifs is 1. The zero-order chi connectivity index (χ0) is 28.2. The number of halogens is 2. The average molecular weight is 580 g/mol. The van der Waals surface area contributed by atoms with Crippen LogP contribution in [-0.4, -0.2) is 67.2 Å². The van der Waals surface area contributed by atoms with E-state index in [2.05, 4.69) is 29.8 Å². The predicted octanol–water partition coefficient (Wildman–Crippen LogP) is 4.79. The minimum absolute atomic E-state index is 0.00570. The van der Waals surface area contributed by atoms with Crippen LogP contribution in [0, 0.1) is 0 Å². The first-order chi connectivity index (χ1) is 18.8. The molecule has 8 nitrogen and oxygen atoms in total. The molecule has 2 aromatic carbocycles. The van der Waals surface area contributed by atoms with Gasteiger partial charge in [-0.1, -0.05) is 55.1 Å². The van der Waals surface area contributed by atoms with Crippen molar-refractivity contribution in [3.63, 3.8) is 0 Å². The Kier molecular flexibility index (Phi) is 12.7. The maximum absolute atomic E-state index is 13.1. The van der Waals surface area contributed by atoms with Gasteiger partial charge < -0.3 is 30.7 Å². The summed E-state index contributed by atoms with van der Waals surface area (Å²) in [5.41, 5.74) is 2.34. The monoisotopic (exact) mass is 578 g/mol. The number of anilines is 1. The number of hydrogen-bond acceptors (Lipinski definition) is 6. The van der Waals surface area contributed by atoms with Crippen molar-refractivity contribution in [2.75, 3.05) is 44.6 Å². The van der Waals surface area contributed by atoms with E-state index in [0.717, 1.165) is 43.4 Å². The Morgan fingerprint density at radius 1 is 1.10 bits per heavy atom. The van der Waals surface area contributed by atoms with Gasteiger partial charge in [0, 0.05) is 32.1 Å². The highest BCUT2D eigenvalue weighted by molar-refractivity contribution is 6.42. The maximum atomic E-state index is 13.1. The van der Waals surface area contributed by atoms with Gasteiger partial charge in [0.25, 0.3) is 5.91 Å². The fourth-order valence-electron chi connectivity index (χ4n) is 4.60. The van der Waals surface area contributed by atoms with Crippen molar-refractivity contribution in [1.82, 2.24) is 15.5 Å². The van der Waals surface area contributed by atoms with Crippen molar-refractivity contribution < 1.29 is 19.4 Å². The maximum Gasteiger partial charge on any atom is 0.262 e. The molecule has 3 rings (SSSR count). The molecule has 1 aliphatic rings. The summed E-state index contributed by atoms with van der Waals surface area (Å²) in [4.78, 5) is 26.7. The topological polar surface area (TPSA) is 103 Å². The number of unbranched alkanes of at least 4 members (excludes halogenated alkanes) is 1. The van der Waals surface area contributed by atoms with Gasteiger partial charge in [0.15, 0.2) is 12.4 Å². The Bertz CT molecular complexity index is 1110. The van der Waals surface area contributed by atoms with Gasteiger partial charge in [0.05, 0.1) is 10.0 Å². The van der Waals surface area contributed by atoms with Crippen molar-refractivity contribution in [2.45, 2.75) is 58.4 Å². The van der Waals surface area contributed by atoms with Crippen LogP contribution in [0.25, 0.3) is 0 Å². The van der Waals surface area contributed by atoms with Gasteiger partial charge in [-0.05, 0) is 68.6 Å². The van der Waals surface area contributed by atoms with E-state index >= 15 is 0 Å². The average Bonchev–Trinajstić information content (AvgIpc) is 2.92. The Labute approximate surface area is 241 Å². The van der Waals surface area contributed by atoms with E-state index in [1.807, 2.05) is 23.1 Å². The van der Waals surface area contributed by atoms with Gasteiger partial charge >= 0.3 is 0 Å². The van der Waals surface area contributed by atoms with Crippen LogP contribution in [0.1, 0.15) is 50.7 Å². The number of carbonyl (C=O) groups is 2. The molecule has 0 spiro atoms. The number of aromatic hydroxyl groups is 1. The van der Waals surface area contributed by atoms with Gasteiger partial charge in [0.2, 0.25) is 5.91 Å². The number of nitrogens with zero attached hydrogens (tertiary/aromatic N) is 1. The molecular weight excluding hydrogens is 539 g/mol. The molecule has 10 heteroatoms. The molecule has 1 heterocycles. The summed E-state index contributed by atoms with van der Waals surface area (Å²) < 4.78 is 5.56. The lowest BCUT2D eigenvalue weighted by atomic mass is 10.1. The molecule has 39 heavy (non-hydrogen) atoms. The van der Waals surface area contributed by atoms with E-state index in [4.69, 9.17) is 27.9 Å². The summed E-state index contributed by atoms with van der Waals surface area (Å²) in [7, 11) is 0. The molecule has 0 saturated heterocycles. The summed E-state index contributed by atoms with van der Waals surface area (Å²) in [6, 6.07) is 9.20. The van der Waals surface area contributed by atoms with Gasteiger partial charge in [0.1, 0.15) is 11.4 Å². The third-order valence-corrected chi connectivity index (χ3v) is 7.59. The molecule has 4 N–H and O–H groups in total. The zero-order valence-electron chi connectivity index (χ0n) is 22.8. The molecule has 1 atom stereocenters. The second kappa shape index (κ2) is 15.9. The number of phenolic OH excluding ortho intramolecular Hbond substituents is 1. The van der Waals surface area contributed by atoms with Crippen LogP contribution in [-0.2, 0) is 22.4 Å². The van der Waals surface area contributed by atoms with Crippen molar-refractivity contribution >= 4 is 40.7 Å². The van der Waals surface area contributed by atoms with Crippen LogP contribution >= 0.6 is 23.2 Å². The number of nitrogens with one attached hydrogen (secondary N) is 3. The highest BCUT2D eigenvalue weighted by atomic mass is 35.5. The second-order valence-electron chi connectivity index (χ2n) is 9.86. The summed E-state index contributed by atoms with van der Waals surface area (Å²) >= 11 is 12.1. The minimum Gasteiger partial charge on any atom is -0.506 e. The Morgan fingerprint density at radius 3 is 2.64 bits per heavy atom. The Balaban J connectivity index is 1.43. The quantitative estimate of drug-likeness (QED) is 0.169. The standard InChI is InChI=1S/C29H40Cl2N4O4/c1-3-4-5-20(2)35(27(38)12-15-32-13-10-21-6-8-23(30)24(31)18-21)17-16-33-14-11-22-7-9-25(36)28-29(22)39-19-26(37)34-28/h6-9,18,20,32-33,36H,3-5,10-17,19H2,1-2H3,(H,34,37)/t20-/m1/s1. The molecule has 0 saturated carbocycles. The molecule has 2 amide bonds. The first-order valence-corrected chi connectivity index (χ1v) is 14.5. The van der Waals surface area contributed by atoms with Crippen molar-refractivity contribution in [3.05, 3.63) is 51.5 Å². The second-order valence-corrected chi connectivity index (χ2v) is 10.7. The number of benzene rings is 2. The SMILES string of the molecule is CCCC[C@@H](C)N(CCNCCc1ccc(O)c2c1OCC(=O)N2)C(=O)CCNCCc1ccc(Cl)c(Cl)c1. The lowest BCUT2D eigenvalue weighted by Crippen LogP contribution is -2.43. The van der Waals surface area contributed by atoms with Crippen LogP contribution < -0.4 is 20.7 Å². The van der Waals surface area contributed by atoms with Crippen LogP contribution in [0.2, 0.25) is 10.0 Å². The molecule has 0 unspecified atom stereocenters. The third kappa shape index (κ3) is 9.57. The van der Waals surface area contributed by atoms with Gasteiger partial charge in [-0.15, -0.1) is 0 Å². The fourth-order valence-corrected chi connectivity index (χ4v) is 4.92. The molecule has 2 aromatic rings. The first kappa shape index (κ1) is 31.0. The van der Waals surface area contributed by atoms with Crippen LogP contribution in [0.3, 0.4) is 0 Å². The van der Waals surface area contributed by atoms with Crippen LogP contribution in [0.4, 0.5) is 5.69 Å². The van der Waals surface area contributed by atoms with Gasteiger partial charge in [-0.25, -0.2) is 0 Å². The molecule has 0 radical (unpaired) electrons. The predicted molar refractivity (Wildman–Crippen MR) is 157 cm³/mol. The third-order valence-electron chi connectivity index (χ3n) is 6.85. The number of carbonyl (C=O) groups excluding carboxylic acids is 2. The minimum atomic E-state index is -0.281. The lowest BCUT2D eigenvalue weighted by molar-refractivity contribution is -0.133. The molecule has 0 aromatic heterocycles. The summed E-state index contributed by atoms with van der Waals surface area (Å²) in [6.45, 7) is 7.58. The van der Waals surface area contributed by atoms with Crippen molar-refractivity contribution in [3.8, 4) is 11.5 Å². The highest BCUT2D eigenvalue weighted by Crippen LogP contribution is 2.39. The van der Waals surface area contributed by atoms with Crippen LogP contribution in [0.15, 0.2) is 30.3 Å². The largest absolute Gasteiger partial charge is 0.506 e. The summed E-state index contributed by atoms with van der Waals surface area (Å²) in [5, 5.41) is 20.6. The normalized spacial score (nSPS) is 13.4. The summed E-state index contributed by atoms with van der Waals surface area (Å²) in [5.74, 6) is 0.387. The molecular formula is C29H40Cl2N4O4. The molecule has 0 aliphatic carbocycles.